The second-order valence-electron chi connectivity index (χ2n) is 6.08. The molecular formula is C16H34IN7. The highest BCUT2D eigenvalue weighted by atomic mass is 127. The highest BCUT2D eigenvalue weighted by Crippen LogP contribution is 2.03. The third-order valence-electron chi connectivity index (χ3n) is 3.75. The van der Waals surface area contributed by atoms with Crippen LogP contribution in [-0.2, 0) is 13.1 Å². The quantitative estimate of drug-likeness (QED) is 0.342. The van der Waals surface area contributed by atoms with Gasteiger partial charge in [0.1, 0.15) is 12.9 Å². The minimum atomic E-state index is 0. The van der Waals surface area contributed by atoms with Crippen LogP contribution in [0, 0.1) is 0 Å². The van der Waals surface area contributed by atoms with Crippen molar-refractivity contribution < 1.29 is 0 Å². The van der Waals surface area contributed by atoms with Gasteiger partial charge in [0, 0.05) is 38.3 Å². The van der Waals surface area contributed by atoms with Gasteiger partial charge in [-0.05, 0) is 41.5 Å². The zero-order valence-corrected chi connectivity index (χ0v) is 18.2. The van der Waals surface area contributed by atoms with E-state index in [4.69, 9.17) is 0 Å². The van der Waals surface area contributed by atoms with Crippen LogP contribution in [0.3, 0.4) is 0 Å². The Bertz CT molecular complexity index is 463. The predicted molar refractivity (Wildman–Crippen MR) is 111 cm³/mol. The first-order valence-electron chi connectivity index (χ1n) is 8.64. The first-order valence-corrected chi connectivity index (χ1v) is 8.64. The molecule has 0 fully saturated rings. The van der Waals surface area contributed by atoms with E-state index in [0.29, 0.717) is 18.6 Å². The van der Waals surface area contributed by atoms with Gasteiger partial charge in [-0.15, -0.1) is 34.2 Å². The number of nitrogens with one attached hydrogen (secondary N) is 2. The summed E-state index contributed by atoms with van der Waals surface area (Å²) in [4.78, 5) is 7.07. The number of nitrogens with zero attached hydrogens (tertiary/aromatic N) is 5. The summed E-state index contributed by atoms with van der Waals surface area (Å²) in [6.07, 6.45) is 1.74. The number of aryl methyl sites for hydroxylation is 1. The summed E-state index contributed by atoms with van der Waals surface area (Å²) < 4.78 is 2.01. The third-order valence-corrected chi connectivity index (χ3v) is 3.75. The van der Waals surface area contributed by atoms with Gasteiger partial charge in [0.05, 0.1) is 0 Å². The molecule has 0 bridgehead atoms. The van der Waals surface area contributed by atoms with Gasteiger partial charge >= 0.3 is 0 Å². The Morgan fingerprint density at radius 2 is 1.88 bits per heavy atom. The maximum absolute atomic E-state index is 4.60. The lowest BCUT2D eigenvalue weighted by atomic mass is 10.2. The Balaban J connectivity index is 0.00000529. The summed E-state index contributed by atoms with van der Waals surface area (Å²) in [5.74, 6) is 1.71. The summed E-state index contributed by atoms with van der Waals surface area (Å²) >= 11 is 0. The summed E-state index contributed by atoms with van der Waals surface area (Å²) in [5.41, 5.74) is 0. The molecule has 1 aromatic rings. The predicted octanol–water partition coefficient (Wildman–Crippen LogP) is 2.09. The van der Waals surface area contributed by atoms with Gasteiger partial charge in [0.25, 0.3) is 0 Å². The first-order chi connectivity index (χ1) is 11.0. The van der Waals surface area contributed by atoms with E-state index in [-0.39, 0.29) is 24.0 Å². The average molecular weight is 451 g/mol. The standard InChI is InChI=1S/C16H33N7.HI/c1-7-17-16(18-9-10-23(13(3)4)14(5)6)19-11-15-21-20-12-22(15)8-2;/h12-14H,7-11H2,1-6H3,(H2,17,18,19);1H. The summed E-state index contributed by atoms with van der Waals surface area (Å²) in [6, 6.07) is 1.08. The van der Waals surface area contributed by atoms with Crippen LogP contribution in [0.1, 0.15) is 47.4 Å². The van der Waals surface area contributed by atoms with Crippen molar-refractivity contribution in [1.29, 1.82) is 0 Å². The maximum Gasteiger partial charge on any atom is 0.191 e. The molecule has 140 valence electrons. The molecule has 8 heteroatoms. The lowest BCUT2D eigenvalue weighted by molar-refractivity contribution is 0.178. The van der Waals surface area contributed by atoms with Crippen molar-refractivity contribution in [2.45, 2.75) is 66.7 Å². The van der Waals surface area contributed by atoms with E-state index in [9.17, 15) is 0 Å². The Hall–Kier alpha value is -0.900. The number of aromatic nitrogens is 3. The average Bonchev–Trinajstić information content (AvgIpc) is 2.95. The molecule has 0 radical (unpaired) electrons. The van der Waals surface area contributed by atoms with Crippen molar-refractivity contribution in [2.75, 3.05) is 19.6 Å². The minimum absolute atomic E-state index is 0. The Labute approximate surface area is 163 Å². The molecule has 24 heavy (non-hydrogen) atoms. The number of rotatable bonds is 9. The maximum atomic E-state index is 4.60. The van der Waals surface area contributed by atoms with Crippen molar-refractivity contribution in [3.63, 3.8) is 0 Å². The molecule has 1 aromatic heterocycles. The molecular weight excluding hydrogens is 417 g/mol. The lowest BCUT2D eigenvalue weighted by Crippen LogP contribution is -2.45. The van der Waals surface area contributed by atoms with E-state index < -0.39 is 0 Å². The largest absolute Gasteiger partial charge is 0.357 e. The van der Waals surface area contributed by atoms with Crippen LogP contribution < -0.4 is 10.6 Å². The molecule has 1 rings (SSSR count). The molecule has 0 aliphatic carbocycles. The molecule has 0 amide bonds. The molecule has 0 saturated carbocycles. The normalized spacial score (nSPS) is 12.0. The van der Waals surface area contributed by atoms with Crippen molar-refractivity contribution >= 4 is 29.9 Å². The van der Waals surface area contributed by atoms with Crippen LogP contribution in [0.25, 0.3) is 0 Å². The summed E-state index contributed by atoms with van der Waals surface area (Å²) in [6.45, 7) is 17.2. The molecule has 0 atom stereocenters. The van der Waals surface area contributed by atoms with Crippen molar-refractivity contribution in [2.24, 2.45) is 4.99 Å². The van der Waals surface area contributed by atoms with Crippen molar-refractivity contribution in [3.8, 4) is 0 Å². The number of hydrogen-bond donors (Lipinski definition) is 2. The van der Waals surface area contributed by atoms with Gasteiger partial charge in [-0.2, -0.15) is 0 Å². The fourth-order valence-corrected chi connectivity index (χ4v) is 2.57. The van der Waals surface area contributed by atoms with E-state index in [2.05, 4.69) is 72.3 Å². The Kier molecular flexibility index (Phi) is 12.0. The second kappa shape index (κ2) is 12.5. The van der Waals surface area contributed by atoms with Gasteiger partial charge in [-0.1, -0.05) is 0 Å². The second-order valence-corrected chi connectivity index (χ2v) is 6.08. The van der Waals surface area contributed by atoms with E-state index in [1.165, 1.54) is 0 Å². The van der Waals surface area contributed by atoms with Crippen LogP contribution in [0.2, 0.25) is 0 Å². The highest BCUT2D eigenvalue weighted by molar-refractivity contribution is 14.0. The Morgan fingerprint density at radius 1 is 1.21 bits per heavy atom. The van der Waals surface area contributed by atoms with Crippen LogP contribution in [-0.4, -0.2) is 57.3 Å². The molecule has 1 heterocycles. The van der Waals surface area contributed by atoms with Crippen LogP contribution in [0.4, 0.5) is 0 Å². The fraction of sp³-hybridized carbons (Fsp3) is 0.812. The topological polar surface area (TPSA) is 70.4 Å². The molecule has 0 saturated heterocycles. The van der Waals surface area contributed by atoms with Gasteiger partial charge < -0.3 is 15.2 Å². The highest BCUT2D eigenvalue weighted by Gasteiger charge is 2.12. The smallest absolute Gasteiger partial charge is 0.191 e. The minimum Gasteiger partial charge on any atom is -0.357 e. The molecule has 0 aliphatic rings. The summed E-state index contributed by atoms with van der Waals surface area (Å²) in [7, 11) is 0. The zero-order valence-electron chi connectivity index (χ0n) is 15.9. The lowest BCUT2D eigenvalue weighted by Gasteiger charge is -2.30. The molecule has 0 unspecified atom stereocenters. The monoisotopic (exact) mass is 451 g/mol. The molecule has 7 nitrogen and oxygen atoms in total. The van der Waals surface area contributed by atoms with E-state index >= 15 is 0 Å². The number of aliphatic imine (C=N–C) groups is 1. The Morgan fingerprint density at radius 3 is 2.42 bits per heavy atom. The van der Waals surface area contributed by atoms with Crippen LogP contribution in [0.5, 0.6) is 0 Å². The van der Waals surface area contributed by atoms with E-state index in [0.717, 1.165) is 38.0 Å². The number of guanidine groups is 1. The van der Waals surface area contributed by atoms with Crippen LogP contribution >= 0.6 is 24.0 Å². The van der Waals surface area contributed by atoms with Crippen LogP contribution in [0.15, 0.2) is 11.3 Å². The SMILES string of the molecule is CCNC(=NCc1nncn1CC)NCCN(C(C)C)C(C)C.I. The molecule has 0 spiro atoms. The number of halogens is 1. The van der Waals surface area contributed by atoms with Gasteiger partial charge in [0.2, 0.25) is 0 Å². The molecule has 0 aliphatic heterocycles. The number of hydrogen-bond acceptors (Lipinski definition) is 4. The van der Waals surface area contributed by atoms with Gasteiger partial charge in [0.15, 0.2) is 11.8 Å². The van der Waals surface area contributed by atoms with E-state index in [1.807, 2.05) is 4.57 Å². The summed E-state index contributed by atoms with van der Waals surface area (Å²) in [5, 5.41) is 14.7. The van der Waals surface area contributed by atoms with Crippen molar-refractivity contribution in [1.82, 2.24) is 30.3 Å². The first kappa shape index (κ1) is 23.1. The van der Waals surface area contributed by atoms with E-state index in [1.54, 1.807) is 6.33 Å². The van der Waals surface area contributed by atoms with Gasteiger partial charge in [-0.3, -0.25) is 4.90 Å². The third kappa shape index (κ3) is 7.78. The fourth-order valence-electron chi connectivity index (χ4n) is 2.57. The van der Waals surface area contributed by atoms with Crippen molar-refractivity contribution in [3.05, 3.63) is 12.2 Å². The van der Waals surface area contributed by atoms with Gasteiger partial charge in [-0.25, -0.2) is 4.99 Å². The zero-order chi connectivity index (χ0) is 17.2. The molecule has 2 N–H and O–H groups in total. The molecule has 0 aromatic carbocycles.